The minimum absolute atomic E-state index is 0. The molecule has 0 aliphatic heterocycles. The Hall–Kier alpha value is -0.157. The van der Waals surface area contributed by atoms with Gasteiger partial charge in [0.2, 0.25) is 0 Å². The zero-order valence-electron chi connectivity index (χ0n) is 5.35. The Labute approximate surface area is 69.0 Å². The molecule has 1 aromatic rings. The molecule has 1 aromatic carbocycles. The van der Waals surface area contributed by atoms with Gasteiger partial charge >= 0.3 is 0 Å². The smallest absolute Gasteiger partial charge is 0 e. The maximum atomic E-state index is 3.12. The average Bonchev–Trinajstić information content (AvgIpc) is 1.90. The first-order chi connectivity index (χ1) is 3.93. The molecule has 0 N–H and O–H groups in total. The maximum absolute atomic E-state index is 3.12. The van der Waals surface area contributed by atoms with Gasteiger partial charge in [0.1, 0.15) is 0 Å². The number of hydrogen-bond donors (Lipinski definition) is 0. The van der Waals surface area contributed by atoms with Crippen molar-refractivity contribution in [1.82, 2.24) is 0 Å². The largest absolute Gasteiger partial charge is 0.180 e. The van der Waals surface area contributed by atoms with Gasteiger partial charge in [0.15, 0.2) is 0 Å². The van der Waals surface area contributed by atoms with Crippen molar-refractivity contribution >= 4 is 0 Å². The minimum Gasteiger partial charge on any atom is -0.180 e. The van der Waals surface area contributed by atoms with Crippen molar-refractivity contribution in [3.05, 3.63) is 35.9 Å². The first-order valence-corrected chi connectivity index (χ1v) is 2.89. The molecule has 0 aliphatic rings. The predicted octanol–water partition coefficient (Wildman–Crippen LogP) is 2.05. The molecule has 0 unspecified atom stereocenters. The van der Waals surface area contributed by atoms with Crippen molar-refractivity contribution in [2.45, 2.75) is 13.3 Å². The van der Waals surface area contributed by atoms with Crippen molar-refractivity contribution < 1.29 is 19.5 Å². The Kier molecular flexibility index (Phi) is 4.62. The average molecular weight is 208 g/mol. The summed E-state index contributed by atoms with van der Waals surface area (Å²) in [4.78, 5) is 0. The summed E-state index contributed by atoms with van der Waals surface area (Å²) in [6, 6.07) is 11.2. The third-order valence-corrected chi connectivity index (χ3v) is 1.15. The molecule has 1 heteroatoms. The van der Waals surface area contributed by atoms with Gasteiger partial charge < -0.3 is 0 Å². The topological polar surface area (TPSA) is 0 Å². The molecule has 51 valence electrons. The minimum atomic E-state index is 0. The molecule has 0 nitrogen and oxygen atoms in total. The predicted molar refractivity (Wildman–Crippen MR) is 34.7 cm³/mol. The van der Waals surface area contributed by atoms with Crippen LogP contribution in [0.4, 0.5) is 0 Å². The van der Waals surface area contributed by atoms with Gasteiger partial charge in [-0.25, -0.2) is 0 Å². The zero-order chi connectivity index (χ0) is 5.82. The molecule has 0 aliphatic carbocycles. The van der Waals surface area contributed by atoms with E-state index in [2.05, 4.69) is 19.1 Å². The molecule has 0 heterocycles. The number of rotatable bonds is 1. The summed E-state index contributed by atoms with van der Waals surface area (Å²) >= 11 is 0. The van der Waals surface area contributed by atoms with Gasteiger partial charge in [-0.15, -0.1) is 0 Å². The van der Waals surface area contributed by atoms with Crippen LogP contribution in [0, 0.1) is 6.07 Å². The van der Waals surface area contributed by atoms with Gasteiger partial charge in [-0.3, -0.25) is 0 Å². The summed E-state index contributed by atoms with van der Waals surface area (Å²) in [5, 5.41) is 0. The van der Waals surface area contributed by atoms with Crippen LogP contribution in [-0.4, -0.2) is 0 Å². The van der Waals surface area contributed by atoms with E-state index in [9.17, 15) is 0 Å². The van der Waals surface area contributed by atoms with E-state index in [1.165, 1.54) is 5.56 Å². The second-order valence-corrected chi connectivity index (χ2v) is 1.74. The standard InChI is InChI=1S/C8H9.Rh/c1-2-8-6-4-3-5-7-8;/h3-6H,2H2,1H3;/q-1;. The van der Waals surface area contributed by atoms with Crippen molar-refractivity contribution in [3.63, 3.8) is 0 Å². The fourth-order valence-electron chi connectivity index (χ4n) is 0.650. The van der Waals surface area contributed by atoms with E-state index in [0.29, 0.717) is 0 Å². The van der Waals surface area contributed by atoms with E-state index >= 15 is 0 Å². The van der Waals surface area contributed by atoms with Gasteiger partial charge in [-0.2, -0.15) is 35.9 Å². The molecule has 0 atom stereocenters. The Bertz CT molecular complexity index is 146. The summed E-state index contributed by atoms with van der Waals surface area (Å²) in [5.41, 5.74) is 1.28. The summed E-state index contributed by atoms with van der Waals surface area (Å²) in [6.45, 7) is 2.13. The van der Waals surface area contributed by atoms with Crippen molar-refractivity contribution in [2.24, 2.45) is 0 Å². The molecule has 0 saturated heterocycles. The monoisotopic (exact) mass is 208 g/mol. The number of hydrogen-bond acceptors (Lipinski definition) is 0. The van der Waals surface area contributed by atoms with Crippen molar-refractivity contribution in [3.8, 4) is 0 Å². The van der Waals surface area contributed by atoms with Crippen LogP contribution in [0.5, 0.6) is 0 Å². The molecule has 0 amide bonds. The summed E-state index contributed by atoms with van der Waals surface area (Å²) in [6.07, 6.45) is 1.08. The molecule has 1 rings (SSSR count). The normalized spacial score (nSPS) is 8.11. The molecule has 0 fully saturated rings. The summed E-state index contributed by atoms with van der Waals surface area (Å²) in [7, 11) is 0. The molecule has 0 bridgehead atoms. The Morgan fingerprint density at radius 1 is 1.44 bits per heavy atom. The van der Waals surface area contributed by atoms with Crippen LogP contribution < -0.4 is 0 Å². The van der Waals surface area contributed by atoms with Gasteiger partial charge in [0, 0.05) is 19.5 Å². The maximum Gasteiger partial charge on any atom is 0 e. The summed E-state index contributed by atoms with van der Waals surface area (Å²) in [5.74, 6) is 0. The second-order valence-electron chi connectivity index (χ2n) is 1.74. The van der Waals surface area contributed by atoms with Crippen LogP contribution in [0.1, 0.15) is 12.5 Å². The van der Waals surface area contributed by atoms with E-state index in [4.69, 9.17) is 0 Å². The third-order valence-electron chi connectivity index (χ3n) is 1.15. The van der Waals surface area contributed by atoms with Crippen molar-refractivity contribution in [2.75, 3.05) is 0 Å². The van der Waals surface area contributed by atoms with E-state index in [1.807, 2.05) is 18.2 Å². The van der Waals surface area contributed by atoms with Gasteiger partial charge in [0.05, 0.1) is 0 Å². The van der Waals surface area contributed by atoms with Crippen LogP contribution in [0.15, 0.2) is 24.3 Å². The molecular formula is C8H9Rh-. The van der Waals surface area contributed by atoms with Gasteiger partial charge in [0.25, 0.3) is 0 Å². The van der Waals surface area contributed by atoms with E-state index < -0.39 is 0 Å². The van der Waals surface area contributed by atoms with Crippen molar-refractivity contribution in [1.29, 1.82) is 0 Å². The van der Waals surface area contributed by atoms with Crippen LogP contribution in [0.25, 0.3) is 0 Å². The molecule has 0 spiro atoms. The Balaban J connectivity index is 0.000000640. The number of aryl methyl sites for hydroxylation is 1. The van der Waals surface area contributed by atoms with Crippen LogP contribution in [0.2, 0.25) is 0 Å². The zero-order valence-corrected chi connectivity index (χ0v) is 6.99. The second kappa shape index (κ2) is 4.70. The van der Waals surface area contributed by atoms with Gasteiger partial charge in [-0.1, -0.05) is 13.3 Å². The van der Waals surface area contributed by atoms with Gasteiger partial charge in [-0.05, 0) is 0 Å². The van der Waals surface area contributed by atoms with E-state index in [-0.39, 0.29) is 19.5 Å². The van der Waals surface area contributed by atoms with Crippen LogP contribution >= 0.6 is 0 Å². The Morgan fingerprint density at radius 3 is 2.56 bits per heavy atom. The van der Waals surface area contributed by atoms with Crippen LogP contribution in [0.3, 0.4) is 0 Å². The Morgan fingerprint density at radius 2 is 2.22 bits per heavy atom. The molecule has 9 heavy (non-hydrogen) atoms. The van der Waals surface area contributed by atoms with E-state index in [0.717, 1.165) is 6.42 Å². The quantitative estimate of drug-likeness (QED) is 0.489. The SMILES string of the molecule is CCc1[c-]cccc1.[Rh]. The fraction of sp³-hybridized carbons (Fsp3) is 0.250. The summed E-state index contributed by atoms with van der Waals surface area (Å²) < 4.78 is 0. The first-order valence-electron chi connectivity index (χ1n) is 2.89. The molecule has 1 radical (unpaired) electrons. The van der Waals surface area contributed by atoms with E-state index in [1.54, 1.807) is 0 Å². The first kappa shape index (κ1) is 8.84. The number of benzene rings is 1. The van der Waals surface area contributed by atoms with Crippen LogP contribution in [-0.2, 0) is 25.9 Å². The molecule has 0 aromatic heterocycles. The third kappa shape index (κ3) is 2.76. The molecular weight excluding hydrogens is 199 g/mol. The fourth-order valence-corrected chi connectivity index (χ4v) is 0.650. The molecule has 0 saturated carbocycles.